The zero-order valence-corrected chi connectivity index (χ0v) is 15.4. The molecule has 0 bridgehead atoms. The minimum absolute atomic E-state index is 0. The van der Waals surface area contributed by atoms with Gasteiger partial charge in [0.1, 0.15) is 5.82 Å². The smallest absolute Gasteiger partial charge is 0.225 e. The molecule has 0 aliphatic carbocycles. The van der Waals surface area contributed by atoms with Crippen molar-refractivity contribution in [3.05, 3.63) is 35.6 Å². The summed E-state index contributed by atoms with van der Waals surface area (Å²) in [7, 11) is 0. The van der Waals surface area contributed by atoms with Gasteiger partial charge in [0, 0.05) is 32.1 Å². The van der Waals surface area contributed by atoms with E-state index in [1.54, 1.807) is 23.1 Å². The lowest BCUT2D eigenvalue weighted by Crippen LogP contribution is -2.47. The molecular formula is C18H27ClFN3O2. The normalized spacial score (nSPS) is 18.2. The maximum atomic E-state index is 13.8. The molecule has 1 fully saturated rings. The first-order valence-corrected chi connectivity index (χ1v) is 8.53. The van der Waals surface area contributed by atoms with Gasteiger partial charge < -0.3 is 16.0 Å². The van der Waals surface area contributed by atoms with Crippen LogP contribution in [0.1, 0.15) is 25.3 Å². The quantitative estimate of drug-likeness (QED) is 0.799. The Bertz CT molecular complexity index is 585. The molecule has 140 valence electrons. The fourth-order valence-corrected chi connectivity index (χ4v) is 3.12. The third kappa shape index (κ3) is 5.97. The van der Waals surface area contributed by atoms with E-state index in [1.807, 2.05) is 6.92 Å². The first-order valence-electron chi connectivity index (χ1n) is 8.53. The van der Waals surface area contributed by atoms with E-state index in [1.165, 1.54) is 6.07 Å². The Hall–Kier alpha value is -1.66. The van der Waals surface area contributed by atoms with Gasteiger partial charge in [0.2, 0.25) is 11.8 Å². The molecule has 1 aromatic rings. The topological polar surface area (TPSA) is 75.4 Å². The summed E-state index contributed by atoms with van der Waals surface area (Å²) in [5.41, 5.74) is 5.95. The average Bonchev–Trinajstić information content (AvgIpc) is 2.61. The van der Waals surface area contributed by atoms with Crippen LogP contribution in [0.3, 0.4) is 0 Å². The summed E-state index contributed by atoms with van der Waals surface area (Å²) in [6, 6.07) is 6.53. The molecule has 2 unspecified atom stereocenters. The molecule has 1 aliphatic rings. The second kappa shape index (κ2) is 10.4. The molecule has 5 nitrogen and oxygen atoms in total. The lowest BCUT2D eigenvalue weighted by molar-refractivity contribution is -0.138. The molecule has 1 aromatic carbocycles. The molecule has 25 heavy (non-hydrogen) atoms. The van der Waals surface area contributed by atoms with Crippen molar-refractivity contribution >= 4 is 24.2 Å². The number of carbonyl (C=O) groups excluding carboxylic acids is 2. The van der Waals surface area contributed by atoms with E-state index in [4.69, 9.17) is 5.73 Å². The lowest BCUT2D eigenvalue weighted by atomic mass is 9.94. The highest BCUT2D eigenvalue weighted by Gasteiger charge is 2.30. The predicted octanol–water partition coefficient (Wildman–Crippen LogP) is 1.74. The number of halogens is 2. The average molecular weight is 372 g/mol. The molecule has 2 amide bonds. The highest BCUT2D eigenvalue weighted by atomic mass is 35.5. The van der Waals surface area contributed by atoms with Crippen molar-refractivity contribution in [1.29, 1.82) is 0 Å². The fourth-order valence-electron chi connectivity index (χ4n) is 3.12. The van der Waals surface area contributed by atoms with Gasteiger partial charge in [0.05, 0.1) is 5.92 Å². The molecule has 0 saturated carbocycles. The lowest BCUT2D eigenvalue weighted by Gasteiger charge is -2.33. The number of nitrogens with two attached hydrogens (primary N) is 1. The van der Waals surface area contributed by atoms with Crippen LogP contribution in [0.4, 0.5) is 4.39 Å². The minimum atomic E-state index is -0.312. The van der Waals surface area contributed by atoms with Crippen LogP contribution in [0.25, 0.3) is 0 Å². The van der Waals surface area contributed by atoms with Gasteiger partial charge in [-0.25, -0.2) is 4.39 Å². The van der Waals surface area contributed by atoms with E-state index in [9.17, 15) is 14.0 Å². The molecular weight excluding hydrogens is 345 g/mol. The van der Waals surface area contributed by atoms with Crippen LogP contribution in [0.5, 0.6) is 0 Å². The van der Waals surface area contributed by atoms with Crippen molar-refractivity contribution in [3.8, 4) is 0 Å². The predicted molar refractivity (Wildman–Crippen MR) is 97.9 cm³/mol. The summed E-state index contributed by atoms with van der Waals surface area (Å²) in [5, 5.41) is 2.79. The number of benzene rings is 1. The Labute approximate surface area is 154 Å². The standard InChI is InChI=1S/C18H26FN3O2.ClH/c1-13(11-14-5-2-3-7-16(14)19)18(24)22-10-4-6-15(12-22)17(23)21-9-8-20;/h2-3,5,7,13,15H,4,6,8-12,20H2,1H3,(H,21,23);1H. The van der Waals surface area contributed by atoms with Gasteiger partial charge in [-0.1, -0.05) is 25.1 Å². The van der Waals surface area contributed by atoms with Crippen LogP contribution in [0, 0.1) is 17.7 Å². The van der Waals surface area contributed by atoms with Crippen molar-refractivity contribution in [2.75, 3.05) is 26.2 Å². The first kappa shape index (κ1) is 21.4. The summed E-state index contributed by atoms with van der Waals surface area (Å²) in [5.74, 6) is -0.841. The number of piperidine rings is 1. The van der Waals surface area contributed by atoms with Gasteiger partial charge in [-0.05, 0) is 30.9 Å². The number of nitrogens with zero attached hydrogens (tertiary/aromatic N) is 1. The number of carbonyl (C=O) groups is 2. The monoisotopic (exact) mass is 371 g/mol. The zero-order valence-electron chi connectivity index (χ0n) is 14.5. The molecule has 1 heterocycles. The Morgan fingerprint density at radius 3 is 2.80 bits per heavy atom. The first-order chi connectivity index (χ1) is 11.5. The van der Waals surface area contributed by atoms with Gasteiger partial charge in [0.25, 0.3) is 0 Å². The molecule has 0 spiro atoms. The number of hydrogen-bond donors (Lipinski definition) is 2. The molecule has 2 rings (SSSR count). The van der Waals surface area contributed by atoms with Crippen LogP contribution in [0.2, 0.25) is 0 Å². The Balaban J connectivity index is 0.00000312. The number of likely N-dealkylation sites (tertiary alicyclic amines) is 1. The summed E-state index contributed by atoms with van der Waals surface area (Å²) in [6.07, 6.45) is 1.95. The van der Waals surface area contributed by atoms with Crippen molar-refractivity contribution in [2.24, 2.45) is 17.6 Å². The molecule has 1 aliphatic heterocycles. The van der Waals surface area contributed by atoms with Crippen molar-refractivity contribution in [3.63, 3.8) is 0 Å². The van der Waals surface area contributed by atoms with E-state index in [0.29, 0.717) is 38.2 Å². The summed E-state index contributed by atoms with van der Waals surface area (Å²) in [4.78, 5) is 26.5. The van der Waals surface area contributed by atoms with Crippen molar-refractivity contribution < 1.29 is 14.0 Å². The SMILES string of the molecule is CC(Cc1ccccc1F)C(=O)N1CCCC(C(=O)NCCN)C1.Cl. The maximum absolute atomic E-state index is 13.8. The minimum Gasteiger partial charge on any atom is -0.355 e. The Morgan fingerprint density at radius 2 is 2.12 bits per heavy atom. The number of hydrogen-bond acceptors (Lipinski definition) is 3. The summed E-state index contributed by atoms with van der Waals surface area (Å²) in [6.45, 7) is 3.75. The van der Waals surface area contributed by atoms with E-state index in [0.717, 1.165) is 12.8 Å². The molecule has 2 atom stereocenters. The molecule has 0 radical (unpaired) electrons. The highest BCUT2D eigenvalue weighted by molar-refractivity contribution is 5.85. The van der Waals surface area contributed by atoms with E-state index in [-0.39, 0.29) is 41.9 Å². The van der Waals surface area contributed by atoms with Crippen LogP contribution in [-0.4, -0.2) is 42.9 Å². The van der Waals surface area contributed by atoms with Gasteiger partial charge in [-0.15, -0.1) is 12.4 Å². The van der Waals surface area contributed by atoms with E-state index >= 15 is 0 Å². The number of rotatable bonds is 6. The molecule has 0 aromatic heterocycles. The van der Waals surface area contributed by atoms with E-state index in [2.05, 4.69) is 5.32 Å². The maximum Gasteiger partial charge on any atom is 0.225 e. The fraction of sp³-hybridized carbons (Fsp3) is 0.556. The van der Waals surface area contributed by atoms with Crippen LogP contribution in [0.15, 0.2) is 24.3 Å². The van der Waals surface area contributed by atoms with Gasteiger partial charge in [-0.3, -0.25) is 9.59 Å². The molecule has 1 saturated heterocycles. The van der Waals surface area contributed by atoms with Gasteiger partial charge in [0.15, 0.2) is 0 Å². The van der Waals surface area contributed by atoms with Crippen LogP contribution < -0.4 is 11.1 Å². The van der Waals surface area contributed by atoms with Crippen LogP contribution >= 0.6 is 12.4 Å². The second-order valence-electron chi connectivity index (χ2n) is 6.40. The van der Waals surface area contributed by atoms with Crippen molar-refractivity contribution in [2.45, 2.75) is 26.2 Å². The zero-order chi connectivity index (χ0) is 17.5. The third-order valence-corrected chi connectivity index (χ3v) is 4.45. The Kier molecular flexibility index (Phi) is 8.86. The van der Waals surface area contributed by atoms with Gasteiger partial charge >= 0.3 is 0 Å². The second-order valence-corrected chi connectivity index (χ2v) is 6.40. The summed E-state index contributed by atoms with van der Waals surface area (Å²) < 4.78 is 13.8. The van der Waals surface area contributed by atoms with Crippen LogP contribution in [-0.2, 0) is 16.0 Å². The van der Waals surface area contributed by atoms with Gasteiger partial charge in [-0.2, -0.15) is 0 Å². The Morgan fingerprint density at radius 1 is 1.40 bits per heavy atom. The number of nitrogens with one attached hydrogen (secondary N) is 1. The molecule has 3 N–H and O–H groups in total. The van der Waals surface area contributed by atoms with Crippen molar-refractivity contribution in [1.82, 2.24) is 10.2 Å². The highest BCUT2D eigenvalue weighted by Crippen LogP contribution is 2.21. The third-order valence-electron chi connectivity index (χ3n) is 4.45. The van der Waals surface area contributed by atoms with E-state index < -0.39 is 0 Å². The molecule has 7 heteroatoms. The largest absolute Gasteiger partial charge is 0.355 e. The summed E-state index contributed by atoms with van der Waals surface area (Å²) >= 11 is 0. The number of amides is 2.